The molecule has 32 heavy (non-hydrogen) atoms. The second kappa shape index (κ2) is 9.07. The van der Waals surface area contributed by atoms with Crippen molar-refractivity contribution >= 4 is 23.2 Å². The largest absolute Gasteiger partial charge is 0.477 e. The van der Waals surface area contributed by atoms with Crippen LogP contribution in [-0.2, 0) is 20.5 Å². The smallest absolute Gasteiger partial charge is 0.418 e. The summed E-state index contributed by atoms with van der Waals surface area (Å²) in [6, 6.07) is 11.7. The van der Waals surface area contributed by atoms with E-state index in [0.29, 0.717) is 37.7 Å². The molecule has 0 radical (unpaired) electrons. The first-order valence-electron chi connectivity index (χ1n) is 10.2. The minimum atomic E-state index is -4.59. The fourth-order valence-corrected chi connectivity index (χ4v) is 3.78. The van der Waals surface area contributed by atoms with Gasteiger partial charge in [0.15, 0.2) is 6.10 Å². The topological polar surface area (TPSA) is 71.1 Å². The van der Waals surface area contributed by atoms with Gasteiger partial charge in [-0.25, -0.2) is 0 Å². The van der Waals surface area contributed by atoms with Gasteiger partial charge >= 0.3 is 6.18 Å². The van der Waals surface area contributed by atoms with Gasteiger partial charge in [-0.15, -0.1) is 0 Å². The van der Waals surface area contributed by atoms with Crippen molar-refractivity contribution in [2.75, 3.05) is 49.6 Å². The van der Waals surface area contributed by atoms with Crippen molar-refractivity contribution in [3.05, 3.63) is 54.1 Å². The first-order chi connectivity index (χ1) is 15.3. The summed E-state index contributed by atoms with van der Waals surface area (Å²) in [5.74, 6) is -0.402. The molecule has 2 aliphatic heterocycles. The van der Waals surface area contributed by atoms with Crippen LogP contribution in [0.3, 0.4) is 0 Å². The second-order valence-corrected chi connectivity index (χ2v) is 7.48. The zero-order valence-electron chi connectivity index (χ0n) is 17.1. The van der Waals surface area contributed by atoms with E-state index in [1.807, 2.05) is 0 Å². The maximum absolute atomic E-state index is 13.2. The number of benzene rings is 2. The molecule has 1 unspecified atom stereocenters. The van der Waals surface area contributed by atoms with Crippen molar-refractivity contribution in [2.45, 2.75) is 12.3 Å². The fraction of sp³-hybridized carbons (Fsp3) is 0.364. The summed E-state index contributed by atoms with van der Waals surface area (Å²) in [6.45, 7) is 1.66. The van der Waals surface area contributed by atoms with E-state index in [1.54, 1.807) is 34.1 Å². The average molecular weight is 449 g/mol. The SMILES string of the molecule is O=C(CN1CC(C(=O)N2CCOCC2)Oc2ccccc21)Nc1ccccc1C(F)(F)F. The molecule has 2 aliphatic rings. The van der Waals surface area contributed by atoms with Crippen LogP contribution in [-0.4, -0.2) is 62.2 Å². The molecule has 1 fully saturated rings. The third-order valence-electron chi connectivity index (χ3n) is 5.30. The van der Waals surface area contributed by atoms with Gasteiger partial charge in [0, 0.05) is 13.1 Å². The summed E-state index contributed by atoms with van der Waals surface area (Å²) < 4.78 is 50.9. The highest BCUT2D eigenvalue weighted by Crippen LogP contribution is 2.35. The number of amides is 2. The molecule has 1 atom stereocenters. The number of morpholine rings is 1. The zero-order valence-corrected chi connectivity index (χ0v) is 17.1. The number of hydrogen-bond donors (Lipinski definition) is 1. The number of halogens is 3. The molecule has 2 amide bonds. The number of carbonyl (C=O) groups excluding carboxylic acids is 2. The van der Waals surface area contributed by atoms with Gasteiger partial charge in [0.1, 0.15) is 5.75 Å². The Morgan fingerprint density at radius 1 is 1.03 bits per heavy atom. The quantitative estimate of drug-likeness (QED) is 0.778. The Balaban J connectivity index is 1.51. The molecular weight excluding hydrogens is 427 g/mol. The summed E-state index contributed by atoms with van der Waals surface area (Å²) in [5.41, 5.74) is -0.638. The van der Waals surface area contributed by atoms with Crippen molar-refractivity contribution in [3.8, 4) is 5.75 Å². The number of para-hydroxylation sites is 3. The van der Waals surface area contributed by atoms with Gasteiger partial charge in [0.25, 0.3) is 5.91 Å². The molecule has 0 bridgehead atoms. The van der Waals surface area contributed by atoms with Crippen molar-refractivity contribution in [1.29, 1.82) is 0 Å². The van der Waals surface area contributed by atoms with Gasteiger partial charge in [-0.1, -0.05) is 24.3 Å². The van der Waals surface area contributed by atoms with Crippen LogP contribution in [0.15, 0.2) is 48.5 Å². The molecule has 170 valence electrons. The summed E-state index contributed by atoms with van der Waals surface area (Å²) in [4.78, 5) is 28.9. The molecule has 4 rings (SSSR count). The lowest BCUT2D eigenvalue weighted by Crippen LogP contribution is -2.53. The third-order valence-corrected chi connectivity index (χ3v) is 5.30. The molecule has 0 aromatic heterocycles. The molecule has 1 saturated heterocycles. The average Bonchev–Trinajstić information content (AvgIpc) is 2.78. The van der Waals surface area contributed by atoms with Crippen molar-refractivity contribution in [3.63, 3.8) is 0 Å². The summed E-state index contributed by atoms with van der Waals surface area (Å²) in [7, 11) is 0. The van der Waals surface area contributed by atoms with E-state index in [1.165, 1.54) is 18.2 Å². The standard InChI is InChI=1S/C22H22F3N3O4/c23-22(24,25)15-5-1-2-6-16(15)26-20(29)14-28-13-19(21(30)27-9-11-31-12-10-27)32-18-8-4-3-7-17(18)28/h1-8,19H,9-14H2,(H,26,29). The molecule has 2 heterocycles. The van der Waals surface area contributed by atoms with Crippen LogP contribution >= 0.6 is 0 Å². The van der Waals surface area contributed by atoms with Crippen molar-refractivity contribution in [2.24, 2.45) is 0 Å². The number of carbonyl (C=O) groups is 2. The number of hydrogen-bond acceptors (Lipinski definition) is 5. The van der Waals surface area contributed by atoms with E-state index in [9.17, 15) is 22.8 Å². The number of rotatable bonds is 4. The first-order valence-corrected chi connectivity index (χ1v) is 10.2. The van der Waals surface area contributed by atoms with Crippen LogP contribution in [0.5, 0.6) is 5.75 Å². The second-order valence-electron chi connectivity index (χ2n) is 7.48. The molecule has 1 N–H and O–H groups in total. The monoisotopic (exact) mass is 449 g/mol. The van der Waals surface area contributed by atoms with Crippen LogP contribution in [0.4, 0.5) is 24.5 Å². The van der Waals surface area contributed by atoms with Crippen LogP contribution in [0.1, 0.15) is 5.56 Å². The highest BCUT2D eigenvalue weighted by atomic mass is 19.4. The number of nitrogens with zero attached hydrogens (tertiary/aromatic N) is 2. The van der Waals surface area contributed by atoms with E-state index in [4.69, 9.17) is 9.47 Å². The lowest BCUT2D eigenvalue weighted by molar-refractivity contribution is -0.142. The Hall–Kier alpha value is -3.27. The van der Waals surface area contributed by atoms with Gasteiger partial charge in [-0.2, -0.15) is 13.2 Å². The minimum absolute atomic E-state index is 0.0988. The Labute approximate surface area is 182 Å². The number of ether oxygens (including phenoxy) is 2. The molecule has 0 saturated carbocycles. The maximum Gasteiger partial charge on any atom is 0.418 e. The maximum atomic E-state index is 13.2. The summed E-state index contributed by atoms with van der Waals surface area (Å²) in [5, 5.41) is 2.35. The Morgan fingerprint density at radius 2 is 1.72 bits per heavy atom. The molecule has 2 aromatic rings. The fourth-order valence-electron chi connectivity index (χ4n) is 3.78. The van der Waals surface area contributed by atoms with E-state index < -0.39 is 23.8 Å². The number of alkyl halides is 3. The summed E-state index contributed by atoms with van der Waals surface area (Å²) in [6.07, 6.45) is -5.43. The van der Waals surface area contributed by atoms with Crippen LogP contribution in [0.2, 0.25) is 0 Å². The minimum Gasteiger partial charge on any atom is -0.477 e. The number of fused-ring (bicyclic) bond motifs is 1. The van der Waals surface area contributed by atoms with E-state index in [2.05, 4.69) is 5.32 Å². The van der Waals surface area contributed by atoms with Gasteiger partial charge in [-0.3, -0.25) is 9.59 Å². The highest BCUT2D eigenvalue weighted by molar-refractivity contribution is 5.95. The molecular formula is C22H22F3N3O4. The van der Waals surface area contributed by atoms with Crippen molar-refractivity contribution < 1.29 is 32.2 Å². The van der Waals surface area contributed by atoms with Gasteiger partial charge in [-0.05, 0) is 24.3 Å². The Kier molecular flexibility index (Phi) is 6.22. The van der Waals surface area contributed by atoms with Crippen LogP contribution in [0.25, 0.3) is 0 Å². The van der Waals surface area contributed by atoms with Gasteiger partial charge in [0.2, 0.25) is 5.91 Å². The predicted octanol–water partition coefficient (Wildman–Crippen LogP) is 2.77. The van der Waals surface area contributed by atoms with Crippen LogP contribution in [0, 0.1) is 0 Å². The first kappa shape index (κ1) is 21.9. The number of anilines is 2. The van der Waals surface area contributed by atoms with Crippen molar-refractivity contribution in [1.82, 2.24) is 4.90 Å². The molecule has 0 aliphatic carbocycles. The van der Waals surface area contributed by atoms with E-state index in [0.717, 1.165) is 6.07 Å². The lowest BCUT2D eigenvalue weighted by Gasteiger charge is -2.38. The van der Waals surface area contributed by atoms with Crippen LogP contribution < -0.4 is 15.0 Å². The molecule has 10 heteroatoms. The normalized spacial score (nSPS) is 18.5. The summed E-state index contributed by atoms with van der Waals surface area (Å²) >= 11 is 0. The van der Waals surface area contributed by atoms with E-state index >= 15 is 0 Å². The third kappa shape index (κ3) is 4.80. The lowest BCUT2D eigenvalue weighted by atomic mass is 10.1. The van der Waals surface area contributed by atoms with E-state index in [-0.39, 0.29) is 24.7 Å². The molecule has 2 aromatic carbocycles. The number of nitrogens with one attached hydrogen (secondary N) is 1. The van der Waals surface area contributed by atoms with Gasteiger partial charge in [0.05, 0.1) is 43.2 Å². The van der Waals surface area contributed by atoms with Gasteiger partial charge < -0.3 is 24.6 Å². The molecule has 7 nitrogen and oxygen atoms in total. The Bertz CT molecular complexity index is 992. The molecule has 0 spiro atoms. The predicted molar refractivity (Wildman–Crippen MR) is 111 cm³/mol. The zero-order chi connectivity index (χ0) is 22.7. The highest BCUT2D eigenvalue weighted by Gasteiger charge is 2.36. The Morgan fingerprint density at radius 3 is 2.47 bits per heavy atom.